The fraction of sp³-hybridized carbons (Fsp3) is 0.600. The molecule has 0 radical (unpaired) electrons. The van der Waals surface area contributed by atoms with E-state index in [0.29, 0.717) is 0 Å². The Bertz CT molecular complexity index is 397. The number of aryl methyl sites for hydroxylation is 1. The molecule has 0 saturated carbocycles. The van der Waals surface area contributed by atoms with Crippen LogP contribution in [0.3, 0.4) is 0 Å². The van der Waals surface area contributed by atoms with E-state index in [-0.39, 0.29) is 0 Å². The lowest BCUT2D eigenvalue weighted by atomic mass is 10.1. The SMILES string of the molecule is Cc1cccc(OCC[N+]23CCN(CC2)CC3)c1. The van der Waals surface area contributed by atoms with Crippen molar-refractivity contribution < 1.29 is 9.22 Å². The van der Waals surface area contributed by atoms with Gasteiger partial charge < -0.3 is 9.22 Å². The molecule has 3 saturated heterocycles. The Balaban J connectivity index is 1.52. The first-order valence-corrected chi connectivity index (χ1v) is 7.03. The summed E-state index contributed by atoms with van der Waals surface area (Å²) in [5.74, 6) is 1.02. The number of hydrogen-bond acceptors (Lipinski definition) is 2. The number of fused-ring (bicyclic) bond motifs is 3. The molecule has 0 amide bonds. The quantitative estimate of drug-likeness (QED) is 0.748. The van der Waals surface area contributed by atoms with Gasteiger partial charge in [-0.1, -0.05) is 12.1 Å². The highest BCUT2D eigenvalue weighted by atomic mass is 16.5. The molecule has 0 aliphatic carbocycles. The number of rotatable bonds is 4. The van der Waals surface area contributed by atoms with E-state index >= 15 is 0 Å². The zero-order chi connectivity index (χ0) is 12.4. The van der Waals surface area contributed by atoms with Crippen molar-refractivity contribution in [2.75, 3.05) is 52.4 Å². The van der Waals surface area contributed by atoms with Gasteiger partial charge in [0.15, 0.2) is 0 Å². The molecule has 3 nitrogen and oxygen atoms in total. The largest absolute Gasteiger partial charge is 0.488 e. The monoisotopic (exact) mass is 247 g/mol. The zero-order valence-electron chi connectivity index (χ0n) is 11.3. The van der Waals surface area contributed by atoms with Crippen molar-refractivity contribution in [3.63, 3.8) is 0 Å². The molecule has 0 aromatic heterocycles. The Labute approximate surface area is 110 Å². The Morgan fingerprint density at radius 1 is 1.17 bits per heavy atom. The fourth-order valence-electron chi connectivity index (χ4n) is 3.13. The van der Waals surface area contributed by atoms with Gasteiger partial charge in [0.05, 0.1) is 19.6 Å². The van der Waals surface area contributed by atoms with Crippen LogP contribution in [-0.2, 0) is 0 Å². The molecule has 3 fully saturated rings. The highest BCUT2D eigenvalue weighted by molar-refractivity contribution is 5.27. The lowest BCUT2D eigenvalue weighted by Gasteiger charge is -2.50. The molecule has 3 heteroatoms. The molecule has 0 atom stereocenters. The van der Waals surface area contributed by atoms with Gasteiger partial charge in [-0.25, -0.2) is 0 Å². The third-order valence-electron chi connectivity index (χ3n) is 4.50. The van der Waals surface area contributed by atoms with E-state index in [1.54, 1.807) is 0 Å². The van der Waals surface area contributed by atoms with Crippen LogP contribution in [0.1, 0.15) is 5.56 Å². The molecule has 3 aliphatic heterocycles. The average Bonchev–Trinajstić information content (AvgIpc) is 2.41. The number of hydrogen-bond donors (Lipinski definition) is 0. The van der Waals surface area contributed by atoms with Crippen LogP contribution in [0.4, 0.5) is 0 Å². The third kappa shape index (κ3) is 2.52. The minimum absolute atomic E-state index is 0.851. The number of piperazine rings is 3. The van der Waals surface area contributed by atoms with E-state index in [1.807, 2.05) is 0 Å². The summed E-state index contributed by atoms with van der Waals surface area (Å²) in [5, 5.41) is 0. The Hall–Kier alpha value is -1.06. The molecule has 18 heavy (non-hydrogen) atoms. The summed E-state index contributed by atoms with van der Waals surface area (Å²) in [6, 6.07) is 8.35. The predicted octanol–water partition coefficient (Wildman–Crippen LogP) is 1.52. The van der Waals surface area contributed by atoms with Crippen molar-refractivity contribution in [3.05, 3.63) is 29.8 Å². The molecule has 0 unspecified atom stereocenters. The van der Waals surface area contributed by atoms with Gasteiger partial charge in [0, 0.05) is 19.6 Å². The minimum Gasteiger partial charge on any atom is -0.488 e. The first kappa shape index (κ1) is 12.0. The summed E-state index contributed by atoms with van der Waals surface area (Å²) in [4.78, 5) is 2.58. The van der Waals surface area contributed by atoms with Crippen LogP contribution in [0.5, 0.6) is 5.75 Å². The van der Waals surface area contributed by atoms with E-state index in [2.05, 4.69) is 36.1 Å². The molecular weight excluding hydrogens is 224 g/mol. The summed E-state index contributed by atoms with van der Waals surface area (Å²) in [7, 11) is 0. The Morgan fingerprint density at radius 2 is 1.89 bits per heavy atom. The molecular formula is C15H23N2O+. The fourth-order valence-corrected chi connectivity index (χ4v) is 3.13. The summed E-state index contributed by atoms with van der Waals surface area (Å²) >= 11 is 0. The van der Waals surface area contributed by atoms with Crippen molar-refractivity contribution in [1.29, 1.82) is 0 Å². The standard InChI is InChI=1S/C15H23N2O/c1-14-3-2-4-15(13-14)18-12-11-17-8-5-16(6-9-17)7-10-17/h2-4,13H,5-12H2,1H3/q+1. The first-order chi connectivity index (χ1) is 8.76. The second-order valence-electron chi connectivity index (χ2n) is 5.74. The smallest absolute Gasteiger partial charge is 0.137 e. The Morgan fingerprint density at radius 3 is 2.56 bits per heavy atom. The first-order valence-electron chi connectivity index (χ1n) is 7.03. The van der Waals surface area contributed by atoms with Crippen LogP contribution < -0.4 is 4.74 Å². The molecule has 1 aromatic carbocycles. The predicted molar refractivity (Wildman–Crippen MR) is 72.8 cm³/mol. The van der Waals surface area contributed by atoms with Gasteiger partial charge in [-0.15, -0.1) is 0 Å². The van der Waals surface area contributed by atoms with Crippen molar-refractivity contribution in [2.45, 2.75) is 6.92 Å². The molecule has 3 heterocycles. The normalized spacial score (nSPS) is 30.4. The molecule has 3 aliphatic rings. The Kier molecular flexibility index (Phi) is 3.27. The average molecular weight is 247 g/mol. The van der Waals surface area contributed by atoms with Gasteiger partial charge in [0.25, 0.3) is 0 Å². The highest BCUT2D eigenvalue weighted by Crippen LogP contribution is 2.19. The summed E-state index contributed by atoms with van der Waals surface area (Å²) in [6.07, 6.45) is 0. The number of quaternary nitrogens is 1. The maximum Gasteiger partial charge on any atom is 0.137 e. The van der Waals surface area contributed by atoms with Crippen molar-refractivity contribution >= 4 is 0 Å². The van der Waals surface area contributed by atoms with Gasteiger partial charge in [-0.3, -0.25) is 4.90 Å². The van der Waals surface area contributed by atoms with E-state index in [0.717, 1.165) is 12.4 Å². The zero-order valence-corrected chi connectivity index (χ0v) is 11.3. The van der Waals surface area contributed by atoms with Gasteiger partial charge in [-0.2, -0.15) is 0 Å². The molecule has 4 rings (SSSR count). The number of nitrogens with zero attached hydrogens (tertiary/aromatic N) is 2. The van der Waals surface area contributed by atoms with Crippen molar-refractivity contribution in [3.8, 4) is 5.75 Å². The summed E-state index contributed by atoms with van der Waals surface area (Å²) in [5.41, 5.74) is 1.27. The van der Waals surface area contributed by atoms with Gasteiger partial charge in [0.2, 0.25) is 0 Å². The second kappa shape index (κ2) is 4.90. The van der Waals surface area contributed by atoms with Crippen LogP contribution in [0.25, 0.3) is 0 Å². The maximum atomic E-state index is 5.90. The van der Waals surface area contributed by atoms with E-state index < -0.39 is 0 Å². The van der Waals surface area contributed by atoms with Crippen LogP contribution in [0.2, 0.25) is 0 Å². The molecule has 0 N–H and O–H groups in total. The molecule has 0 spiro atoms. The van der Waals surface area contributed by atoms with Crippen LogP contribution in [-0.4, -0.2) is 61.8 Å². The second-order valence-corrected chi connectivity index (χ2v) is 5.74. The van der Waals surface area contributed by atoms with E-state index in [1.165, 1.54) is 55.9 Å². The summed E-state index contributed by atoms with van der Waals surface area (Å²) < 4.78 is 7.18. The minimum atomic E-state index is 0.851. The number of benzene rings is 1. The van der Waals surface area contributed by atoms with Crippen LogP contribution in [0, 0.1) is 6.92 Å². The summed E-state index contributed by atoms with van der Waals surface area (Å²) in [6.45, 7) is 11.9. The van der Waals surface area contributed by atoms with Gasteiger partial charge in [0.1, 0.15) is 18.9 Å². The highest BCUT2D eigenvalue weighted by Gasteiger charge is 2.37. The molecule has 2 bridgehead atoms. The molecule has 1 aromatic rings. The number of ether oxygens (including phenoxy) is 1. The lowest BCUT2D eigenvalue weighted by Crippen LogP contribution is -2.68. The lowest BCUT2D eigenvalue weighted by molar-refractivity contribution is -0.940. The molecule has 98 valence electrons. The third-order valence-corrected chi connectivity index (χ3v) is 4.50. The topological polar surface area (TPSA) is 12.5 Å². The maximum absolute atomic E-state index is 5.90. The van der Waals surface area contributed by atoms with Gasteiger partial charge in [-0.05, 0) is 24.6 Å². The van der Waals surface area contributed by atoms with E-state index in [9.17, 15) is 0 Å². The van der Waals surface area contributed by atoms with Crippen molar-refractivity contribution in [1.82, 2.24) is 4.90 Å². The van der Waals surface area contributed by atoms with E-state index in [4.69, 9.17) is 4.74 Å². The van der Waals surface area contributed by atoms with Crippen LogP contribution >= 0.6 is 0 Å². The van der Waals surface area contributed by atoms with Gasteiger partial charge >= 0.3 is 0 Å². The van der Waals surface area contributed by atoms with Crippen molar-refractivity contribution in [2.24, 2.45) is 0 Å². The van der Waals surface area contributed by atoms with Crippen LogP contribution in [0.15, 0.2) is 24.3 Å².